The van der Waals surface area contributed by atoms with Crippen LogP contribution in [-0.4, -0.2) is 67.2 Å². The van der Waals surface area contributed by atoms with Gasteiger partial charge in [-0.15, -0.1) is 0 Å². The highest BCUT2D eigenvalue weighted by Crippen LogP contribution is 2.32. The van der Waals surface area contributed by atoms with Crippen LogP contribution in [-0.2, 0) is 14.3 Å². The van der Waals surface area contributed by atoms with E-state index >= 15 is 0 Å². The molecular formula is C28H38FN5O4. The lowest BCUT2D eigenvalue weighted by Crippen LogP contribution is -2.33. The zero-order valence-corrected chi connectivity index (χ0v) is 22.5. The number of fused-ring (bicyclic) bond motifs is 1. The van der Waals surface area contributed by atoms with Crippen molar-refractivity contribution in [1.82, 2.24) is 15.0 Å². The van der Waals surface area contributed by atoms with Gasteiger partial charge < -0.3 is 24.3 Å². The number of aryl methyl sites for hydroxylation is 1. The summed E-state index contributed by atoms with van der Waals surface area (Å²) >= 11 is 0. The summed E-state index contributed by atoms with van der Waals surface area (Å²) in [5.74, 6) is 1.01. The number of unbranched alkanes of at least 4 members (excludes halogenated alkanes) is 3. The van der Waals surface area contributed by atoms with Crippen LogP contribution in [0.4, 0.5) is 21.6 Å². The van der Waals surface area contributed by atoms with Gasteiger partial charge in [-0.05, 0) is 43.5 Å². The van der Waals surface area contributed by atoms with E-state index in [1.807, 2.05) is 31.9 Å². The Morgan fingerprint density at radius 2 is 1.87 bits per heavy atom. The predicted octanol–water partition coefficient (Wildman–Crippen LogP) is 5.94. The molecule has 1 aliphatic heterocycles. The molecule has 2 aromatic heterocycles. The minimum Gasteiger partial charge on any atom is -0.468 e. The van der Waals surface area contributed by atoms with Gasteiger partial charge in [0.1, 0.15) is 37.4 Å². The largest absolute Gasteiger partial charge is 0.468 e. The van der Waals surface area contributed by atoms with Crippen molar-refractivity contribution in [3.05, 3.63) is 42.4 Å². The number of pyridine rings is 1. The van der Waals surface area contributed by atoms with Crippen LogP contribution in [0, 0.1) is 6.92 Å². The number of carbonyl (C=O) groups is 1. The fourth-order valence-corrected chi connectivity index (χ4v) is 3.89. The summed E-state index contributed by atoms with van der Waals surface area (Å²) in [6.45, 7) is 12.2. The lowest BCUT2D eigenvalue weighted by Gasteiger charge is -2.20. The fraction of sp³-hybridized carbons (Fsp3) is 0.464. The summed E-state index contributed by atoms with van der Waals surface area (Å²) in [4.78, 5) is 25.1. The number of anilines is 2. The molecule has 1 aromatic carbocycles. The molecule has 0 bridgehead atoms. The van der Waals surface area contributed by atoms with Crippen LogP contribution < -0.4 is 10.1 Å². The van der Waals surface area contributed by atoms with Gasteiger partial charge in [0.25, 0.3) is 0 Å². The third-order valence-electron chi connectivity index (χ3n) is 5.73. The highest BCUT2D eigenvalue weighted by molar-refractivity contribution is 5.95. The Bertz CT molecular complexity index is 1130. The molecule has 38 heavy (non-hydrogen) atoms. The summed E-state index contributed by atoms with van der Waals surface area (Å²) in [5, 5.41) is 4.17. The number of halogens is 1. The van der Waals surface area contributed by atoms with Crippen molar-refractivity contribution >= 4 is 41.6 Å². The molecule has 3 aromatic rings. The molecule has 9 nitrogen and oxygen atoms in total. The minimum absolute atomic E-state index is 0.00890. The van der Waals surface area contributed by atoms with Gasteiger partial charge in [-0.25, -0.2) is 19.3 Å². The highest BCUT2D eigenvalue weighted by Gasteiger charge is 2.32. The van der Waals surface area contributed by atoms with Gasteiger partial charge in [-0.2, -0.15) is 0 Å². The third-order valence-corrected chi connectivity index (χ3v) is 5.73. The van der Waals surface area contributed by atoms with E-state index in [0.29, 0.717) is 30.6 Å². The minimum atomic E-state index is -0.553. The van der Waals surface area contributed by atoms with Gasteiger partial charge in [0.05, 0.1) is 31.0 Å². The molecule has 0 radical (unpaired) electrons. The summed E-state index contributed by atoms with van der Waals surface area (Å²) < 4.78 is 29.4. The Morgan fingerprint density at radius 1 is 1.13 bits per heavy atom. The summed E-state index contributed by atoms with van der Waals surface area (Å²) in [6, 6.07) is 7.42. The molecule has 1 saturated heterocycles. The second-order valence-corrected chi connectivity index (χ2v) is 8.52. The number of carbonyl (C=O) groups excluding carboxylic acids is 1. The maximum Gasteiger partial charge on any atom is 0.238 e. The summed E-state index contributed by atoms with van der Waals surface area (Å²) in [7, 11) is 0. The first kappa shape index (κ1) is 30.7. The van der Waals surface area contributed by atoms with E-state index in [-0.39, 0.29) is 18.8 Å². The quantitative estimate of drug-likeness (QED) is 0.241. The van der Waals surface area contributed by atoms with Crippen molar-refractivity contribution in [2.24, 2.45) is 4.99 Å². The Kier molecular flexibility index (Phi) is 13.8. The predicted molar refractivity (Wildman–Crippen MR) is 149 cm³/mol. The standard InChI is InChI=1S/C21H22FN5O3.C6H14.CH2O/c1-13-8-14(23-2)9-16-19(13)20(26-12-25-16)27-15-4-3-6-24-21(15)30-18-11-28-10-17(18)29-7-5-22;1-3-5-6-4-2;1-2/h3-4,6,8-9,12,17-18H,2,5,7,10-11H2,1H3,(H,25,26,27);3-6H2,1-2H3;1H2. The van der Waals surface area contributed by atoms with E-state index < -0.39 is 6.67 Å². The number of aromatic nitrogens is 3. The molecule has 0 amide bonds. The van der Waals surface area contributed by atoms with Crippen molar-refractivity contribution in [2.45, 2.75) is 58.7 Å². The zero-order chi connectivity index (χ0) is 27.8. The zero-order valence-electron chi connectivity index (χ0n) is 22.5. The van der Waals surface area contributed by atoms with Crippen LogP contribution in [0.25, 0.3) is 10.9 Å². The number of benzene rings is 1. The number of rotatable bonds is 11. The lowest BCUT2D eigenvalue weighted by molar-refractivity contribution is -0.0980. The lowest BCUT2D eigenvalue weighted by atomic mass is 10.1. The van der Waals surface area contributed by atoms with Crippen LogP contribution in [0.15, 0.2) is 41.8 Å². The van der Waals surface area contributed by atoms with E-state index in [9.17, 15) is 4.39 Å². The summed E-state index contributed by atoms with van der Waals surface area (Å²) in [5.41, 5.74) is 3.10. The van der Waals surface area contributed by atoms with Crippen LogP contribution in [0.3, 0.4) is 0 Å². The van der Waals surface area contributed by atoms with Crippen molar-refractivity contribution < 1.29 is 23.4 Å². The van der Waals surface area contributed by atoms with Crippen molar-refractivity contribution in [3.63, 3.8) is 0 Å². The molecule has 206 valence electrons. The maximum atomic E-state index is 12.5. The number of ether oxygens (including phenoxy) is 3. The molecule has 2 atom stereocenters. The van der Waals surface area contributed by atoms with Gasteiger partial charge >= 0.3 is 0 Å². The molecule has 1 N–H and O–H groups in total. The van der Waals surface area contributed by atoms with Gasteiger partial charge in [-0.3, -0.25) is 4.99 Å². The number of alkyl halides is 1. The molecule has 1 aliphatic rings. The monoisotopic (exact) mass is 527 g/mol. The normalized spacial score (nSPS) is 16.1. The van der Waals surface area contributed by atoms with Crippen LogP contribution >= 0.6 is 0 Å². The van der Waals surface area contributed by atoms with Crippen LogP contribution in [0.5, 0.6) is 5.88 Å². The van der Waals surface area contributed by atoms with Gasteiger partial charge in [0, 0.05) is 11.6 Å². The van der Waals surface area contributed by atoms with E-state index in [2.05, 4.69) is 45.8 Å². The van der Waals surface area contributed by atoms with E-state index in [0.717, 1.165) is 22.2 Å². The topological polar surface area (TPSA) is 108 Å². The Labute approximate surface area is 223 Å². The first-order chi connectivity index (χ1) is 18.6. The molecule has 10 heteroatoms. The number of hydrogen-bond donors (Lipinski definition) is 1. The molecule has 3 heterocycles. The van der Waals surface area contributed by atoms with Crippen molar-refractivity contribution in [2.75, 3.05) is 31.8 Å². The number of aliphatic imine (C=N–C) groups is 1. The molecular weight excluding hydrogens is 489 g/mol. The first-order valence-electron chi connectivity index (χ1n) is 12.8. The average molecular weight is 528 g/mol. The van der Waals surface area contributed by atoms with Crippen molar-refractivity contribution in [1.29, 1.82) is 0 Å². The Balaban J connectivity index is 0.000000560. The second kappa shape index (κ2) is 17.1. The van der Waals surface area contributed by atoms with Gasteiger partial charge in [-0.1, -0.05) is 39.5 Å². The molecule has 2 unspecified atom stereocenters. The van der Waals surface area contributed by atoms with Crippen molar-refractivity contribution in [3.8, 4) is 5.88 Å². The average Bonchev–Trinajstić information content (AvgIpc) is 3.39. The highest BCUT2D eigenvalue weighted by atomic mass is 19.1. The second-order valence-electron chi connectivity index (χ2n) is 8.52. The number of nitrogens with one attached hydrogen (secondary N) is 1. The van der Waals surface area contributed by atoms with E-state index in [4.69, 9.17) is 19.0 Å². The number of hydrogen-bond acceptors (Lipinski definition) is 9. The van der Waals surface area contributed by atoms with Gasteiger partial charge in [0.15, 0.2) is 6.10 Å². The number of nitrogens with zero attached hydrogens (tertiary/aromatic N) is 4. The molecule has 4 rings (SSSR count). The van der Waals surface area contributed by atoms with E-state index in [1.54, 1.807) is 12.3 Å². The molecule has 0 aliphatic carbocycles. The van der Waals surface area contributed by atoms with Crippen LogP contribution in [0.1, 0.15) is 45.1 Å². The Hall–Kier alpha value is -3.50. The SMILES string of the molecule is C=Nc1cc(C)c2c(Nc3cccnc3OC3COCC3OCCF)ncnc2c1.C=O.CCCCCC. The smallest absolute Gasteiger partial charge is 0.238 e. The van der Waals surface area contributed by atoms with Crippen LogP contribution in [0.2, 0.25) is 0 Å². The van der Waals surface area contributed by atoms with E-state index in [1.165, 1.54) is 32.0 Å². The Morgan fingerprint density at radius 3 is 2.55 bits per heavy atom. The first-order valence-corrected chi connectivity index (χ1v) is 12.8. The molecule has 0 spiro atoms. The summed E-state index contributed by atoms with van der Waals surface area (Å²) in [6.07, 6.45) is 7.94. The van der Waals surface area contributed by atoms with Gasteiger partial charge in [0.2, 0.25) is 5.88 Å². The maximum absolute atomic E-state index is 12.5. The molecule has 0 saturated carbocycles. The third kappa shape index (κ3) is 8.81. The molecule has 1 fully saturated rings. The fourth-order valence-electron chi connectivity index (χ4n) is 3.89.